The van der Waals surface area contributed by atoms with E-state index >= 15 is 0 Å². The molecule has 0 saturated carbocycles. The molecule has 1 atom stereocenters. The predicted octanol–water partition coefficient (Wildman–Crippen LogP) is 1.68. The lowest BCUT2D eigenvalue weighted by Crippen LogP contribution is -2.43. The fourth-order valence-electron chi connectivity index (χ4n) is 3.11. The van der Waals surface area contributed by atoms with Crippen molar-refractivity contribution < 1.29 is 28.7 Å². The fourth-order valence-corrected chi connectivity index (χ4v) is 3.11. The fraction of sp³-hybridized carbons (Fsp3) is 0.273. The van der Waals surface area contributed by atoms with E-state index in [2.05, 4.69) is 10.7 Å². The molecule has 0 radical (unpaired) electrons. The summed E-state index contributed by atoms with van der Waals surface area (Å²) in [6.07, 6.45) is -0.104. The topological polar surface area (TPSA) is 114 Å². The number of aryl methyl sites for hydroxylation is 1. The van der Waals surface area contributed by atoms with E-state index in [-0.39, 0.29) is 13.0 Å². The number of esters is 1. The van der Waals surface area contributed by atoms with E-state index in [1.165, 1.54) is 7.11 Å². The third-order valence-corrected chi connectivity index (χ3v) is 4.80. The van der Waals surface area contributed by atoms with Gasteiger partial charge >= 0.3 is 5.97 Å². The van der Waals surface area contributed by atoms with Crippen LogP contribution in [0.3, 0.4) is 0 Å². The number of anilines is 1. The van der Waals surface area contributed by atoms with Gasteiger partial charge in [-0.05, 0) is 42.8 Å². The zero-order chi connectivity index (χ0) is 22.4. The minimum absolute atomic E-state index is 0.0185. The van der Waals surface area contributed by atoms with Crippen molar-refractivity contribution >= 4 is 29.4 Å². The van der Waals surface area contributed by atoms with Gasteiger partial charge in [0.2, 0.25) is 5.91 Å². The summed E-state index contributed by atoms with van der Waals surface area (Å²) in [6.45, 7) is 1.29. The summed E-state index contributed by atoms with van der Waals surface area (Å²) in [6, 6.07) is 13.7. The highest BCUT2D eigenvalue weighted by molar-refractivity contribution is 5.98. The molecular weight excluding hydrogens is 402 g/mol. The first kappa shape index (κ1) is 21.8. The van der Waals surface area contributed by atoms with Gasteiger partial charge in [0.25, 0.3) is 11.8 Å². The van der Waals surface area contributed by atoms with Crippen LogP contribution in [0.2, 0.25) is 0 Å². The van der Waals surface area contributed by atoms with E-state index in [4.69, 9.17) is 9.47 Å². The predicted molar refractivity (Wildman–Crippen MR) is 111 cm³/mol. The van der Waals surface area contributed by atoms with Crippen LogP contribution in [-0.4, -0.2) is 49.0 Å². The molecule has 0 spiro atoms. The van der Waals surface area contributed by atoms with E-state index in [9.17, 15) is 19.2 Å². The summed E-state index contributed by atoms with van der Waals surface area (Å²) in [4.78, 5) is 48.8. The van der Waals surface area contributed by atoms with Gasteiger partial charge in [-0.15, -0.1) is 0 Å². The van der Waals surface area contributed by atoms with Gasteiger partial charge in [-0.2, -0.15) is 0 Å². The van der Waals surface area contributed by atoms with Crippen LogP contribution >= 0.6 is 0 Å². The van der Waals surface area contributed by atoms with E-state index in [1.807, 2.05) is 6.07 Å². The molecule has 9 nitrogen and oxygen atoms in total. The van der Waals surface area contributed by atoms with Crippen LogP contribution in [0.25, 0.3) is 0 Å². The number of hydrazine groups is 1. The second-order valence-electron chi connectivity index (χ2n) is 7.05. The molecule has 2 N–H and O–H groups in total. The van der Waals surface area contributed by atoms with E-state index in [0.717, 1.165) is 10.6 Å². The first-order chi connectivity index (χ1) is 14.9. The lowest BCUT2D eigenvalue weighted by Gasteiger charge is -2.18. The highest BCUT2D eigenvalue weighted by Crippen LogP contribution is 2.19. The molecule has 1 saturated heterocycles. The lowest BCUT2D eigenvalue weighted by molar-refractivity contribution is -0.151. The van der Waals surface area contributed by atoms with E-state index in [1.54, 1.807) is 49.4 Å². The van der Waals surface area contributed by atoms with Crippen molar-refractivity contribution in [3.05, 3.63) is 59.7 Å². The molecule has 1 heterocycles. The number of ether oxygens (including phenoxy) is 2. The molecule has 1 aliphatic heterocycles. The number of carbonyl (C=O) groups excluding carboxylic acids is 4. The molecule has 0 unspecified atom stereocenters. The molecule has 1 fully saturated rings. The first-order valence-corrected chi connectivity index (χ1v) is 9.65. The molecule has 162 valence electrons. The van der Waals surface area contributed by atoms with Crippen LogP contribution in [0.15, 0.2) is 48.5 Å². The number of methoxy groups -OCH3 is 1. The minimum Gasteiger partial charge on any atom is -0.497 e. The largest absolute Gasteiger partial charge is 0.497 e. The van der Waals surface area contributed by atoms with Gasteiger partial charge < -0.3 is 14.8 Å². The molecule has 0 aromatic heterocycles. The Morgan fingerprint density at radius 1 is 1.10 bits per heavy atom. The summed E-state index contributed by atoms with van der Waals surface area (Å²) in [5.41, 5.74) is 4.27. The van der Waals surface area contributed by atoms with Crippen molar-refractivity contribution in [2.45, 2.75) is 13.3 Å². The summed E-state index contributed by atoms with van der Waals surface area (Å²) < 4.78 is 10.1. The van der Waals surface area contributed by atoms with Crippen LogP contribution in [0.4, 0.5) is 5.69 Å². The number of carbonyl (C=O) groups is 4. The average Bonchev–Trinajstić information content (AvgIpc) is 3.13. The molecule has 0 bridgehead atoms. The van der Waals surface area contributed by atoms with Gasteiger partial charge in [0, 0.05) is 17.7 Å². The monoisotopic (exact) mass is 425 g/mol. The van der Waals surface area contributed by atoms with Gasteiger partial charge in [0.05, 0.1) is 19.6 Å². The van der Waals surface area contributed by atoms with Crippen LogP contribution in [0, 0.1) is 12.8 Å². The Morgan fingerprint density at radius 2 is 1.81 bits per heavy atom. The Hall–Kier alpha value is -3.88. The maximum absolute atomic E-state index is 12.4. The number of benzene rings is 2. The third-order valence-electron chi connectivity index (χ3n) is 4.80. The normalized spacial score (nSPS) is 15.4. The lowest BCUT2D eigenvalue weighted by atomic mass is 10.1. The standard InChI is InChI=1S/C22H23N3O6/c1-14-5-3-4-6-18(14)21(28)24-25-12-15(11-20(25)27)22(29)31-13-19(26)23-16-7-9-17(30-2)10-8-16/h3-10,15H,11-13H2,1-2H3,(H,23,26)(H,24,28)/t15-/m0/s1. The minimum atomic E-state index is -0.765. The van der Waals surface area contributed by atoms with Crippen molar-refractivity contribution in [2.75, 3.05) is 25.6 Å². The van der Waals surface area contributed by atoms with Crippen LogP contribution in [0.5, 0.6) is 5.75 Å². The zero-order valence-corrected chi connectivity index (χ0v) is 17.2. The number of nitrogens with zero attached hydrogens (tertiary/aromatic N) is 1. The van der Waals surface area contributed by atoms with Crippen molar-refractivity contribution in [2.24, 2.45) is 5.92 Å². The summed E-state index contributed by atoms with van der Waals surface area (Å²) in [7, 11) is 1.54. The second-order valence-corrected chi connectivity index (χ2v) is 7.05. The second kappa shape index (κ2) is 9.75. The summed E-state index contributed by atoms with van der Waals surface area (Å²) in [5, 5.41) is 3.71. The SMILES string of the molecule is COc1ccc(NC(=O)COC(=O)[C@H]2CC(=O)N(NC(=O)c3ccccc3C)C2)cc1. The number of hydrogen-bond donors (Lipinski definition) is 2. The molecule has 2 aromatic rings. The van der Waals surface area contributed by atoms with Crippen molar-refractivity contribution in [3.8, 4) is 5.75 Å². The molecule has 9 heteroatoms. The third kappa shape index (κ3) is 5.59. The van der Waals surface area contributed by atoms with Crippen LogP contribution in [0.1, 0.15) is 22.3 Å². The number of nitrogens with one attached hydrogen (secondary N) is 2. The van der Waals surface area contributed by atoms with E-state index < -0.39 is 36.2 Å². The summed E-state index contributed by atoms with van der Waals surface area (Å²) >= 11 is 0. The number of amides is 3. The van der Waals surface area contributed by atoms with Crippen molar-refractivity contribution in [1.82, 2.24) is 10.4 Å². The van der Waals surface area contributed by atoms with Gasteiger partial charge in [-0.1, -0.05) is 18.2 Å². The molecule has 3 amide bonds. The van der Waals surface area contributed by atoms with Gasteiger partial charge in [0.1, 0.15) is 5.75 Å². The Kier molecular flexibility index (Phi) is 6.86. The Morgan fingerprint density at radius 3 is 2.48 bits per heavy atom. The average molecular weight is 425 g/mol. The highest BCUT2D eigenvalue weighted by atomic mass is 16.5. The summed E-state index contributed by atoms with van der Waals surface area (Å²) in [5.74, 6) is -2.13. The Bertz CT molecular complexity index is 989. The van der Waals surface area contributed by atoms with Crippen LogP contribution in [-0.2, 0) is 19.1 Å². The maximum atomic E-state index is 12.4. The first-order valence-electron chi connectivity index (χ1n) is 9.65. The van der Waals surface area contributed by atoms with Gasteiger partial charge in [0.15, 0.2) is 6.61 Å². The van der Waals surface area contributed by atoms with Crippen LogP contribution < -0.4 is 15.5 Å². The van der Waals surface area contributed by atoms with Gasteiger partial charge in [-0.25, -0.2) is 0 Å². The molecule has 3 rings (SSSR count). The van der Waals surface area contributed by atoms with Crippen molar-refractivity contribution in [3.63, 3.8) is 0 Å². The highest BCUT2D eigenvalue weighted by Gasteiger charge is 2.36. The molecule has 2 aromatic carbocycles. The molecule has 31 heavy (non-hydrogen) atoms. The quantitative estimate of drug-likeness (QED) is 0.653. The zero-order valence-electron chi connectivity index (χ0n) is 17.2. The molecular formula is C22H23N3O6. The molecule has 1 aliphatic rings. The van der Waals surface area contributed by atoms with Crippen molar-refractivity contribution in [1.29, 1.82) is 0 Å². The molecule has 0 aliphatic carbocycles. The number of rotatable bonds is 7. The Labute approximate surface area is 179 Å². The smallest absolute Gasteiger partial charge is 0.311 e. The maximum Gasteiger partial charge on any atom is 0.311 e. The van der Waals surface area contributed by atoms with E-state index in [0.29, 0.717) is 17.0 Å². The number of hydrogen-bond acceptors (Lipinski definition) is 6. The Balaban J connectivity index is 1.47. The van der Waals surface area contributed by atoms with Gasteiger partial charge in [-0.3, -0.25) is 29.6 Å².